The Bertz CT molecular complexity index is 2150. The molecule has 0 N–H and O–H groups in total. The van der Waals surface area contributed by atoms with E-state index < -0.39 is 36.8 Å². The second-order valence-electron chi connectivity index (χ2n) is 17.8. The van der Waals surface area contributed by atoms with Crippen LogP contribution in [-0.2, 0) is 0 Å². The van der Waals surface area contributed by atoms with Crippen molar-refractivity contribution >= 4 is 107 Å². The molecular formula is C54H70S2Sn2. The van der Waals surface area contributed by atoms with Crippen molar-refractivity contribution < 1.29 is 0 Å². The van der Waals surface area contributed by atoms with Gasteiger partial charge in [0.15, 0.2) is 0 Å². The third kappa shape index (κ3) is 9.31. The summed E-state index contributed by atoms with van der Waals surface area (Å²) in [5.41, 5.74) is 5.93. The maximum absolute atomic E-state index is 2.85. The molecule has 306 valence electrons. The monoisotopic (exact) mass is 1020 g/mol. The molecule has 5 aromatic carbocycles. The Morgan fingerprint density at radius 1 is 0.362 bits per heavy atom. The van der Waals surface area contributed by atoms with Gasteiger partial charge in [0, 0.05) is 0 Å². The molecule has 58 heavy (non-hydrogen) atoms. The second-order valence-corrected chi connectivity index (χ2v) is 48.2. The third-order valence-electron chi connectivity index (χ3n) is 13.6. The van der Waals surface area contributed by atoms with Crippen molar-refractivity contribution in [2.45, 2.75) is 145 Å². The van der Waals surface area contributed by atoms with Gasteiger partial charge in [-0.2, -0.15) is 0 Å². The summed E-state index contributed by atoms with van der Waals surface area (Å²) in [5.74, 6) is 0. The van der Waals surface area contributed by atoms with Crippen LogP contribution in [0, 0.1) is 0 Å². The minimum absolute atomic E-state index is 1.31. The molecule has 0 aliphatic rings. The summed E-state index contributed by atoms with van der Waals surface area (Å²) in [6.07, 6.45) is 16.3. The Morgan fingerprint density at radius 2 is 0.672 bits per heavy atom. The van der Waals surface area contributed by atoms with Gasteiger partial charge in [0.05, 0.1) is 0 Å². The van der Waals surface area contributed by atoms with Crippen molar-refractivity contribution in [1.82, 2.24) is 0 Å². The van der Waals surface area contributed by atoms with E-state index in [4.69, 9.17) is 0 Å². The van der Waals surface area contributed by atoms with E-state index in [9.17, 15) is 0 Å². The van der Waals surface area contributed by atoms with Crippen LogP contribution in [0.2, 0.25) is 26.6 Å². The number of thiophene rings is 2. The van der Waals surface area contributed by atoms with E-state index in [0.717, 1.165) is 0 Å². The first-order valence-electron chi connectivity index (χ1n) is 23.5. The molecule has 2 aromatic heterocycles. The molecule has 0 saturated heterocycles. The molecule has 0 atom stereocenters. The van der Waals surface area contributed by atoms with Crippen molar-refractivity contribution in [2.24, 2.45) is 0 Å². The van der Waals surface area contributed by atoms with Gasteiger partial charge in [-0.15, -0.1) is 0 Å². The molecule has 2 heterocycles. The van der Waals surface area contributed by atoms with Crippen LogP contribution in [-0.4, -0.2) is 36.8 Å². The first-order chi connectivity index (χ1) is 28.4. The summed E-state index contributed by atoms with van der Waals surface area (Å²) in [5, 5.41) is 8.51. The number of rotatable bonds is 22. The molecule has 7 aromatic rings. The molecule has 0 nitrogen and oxygen atoms in total. The second kappa shape index (κ2) is 20.8. The molecule has 0 aliphatic heterocycles. The quantitative estimate of drug-likeness (QED) is 0.0594. The van der Waals surface area contributed by atoms with E-state index in [1.807, 2.05) is 5.79 Å². The van der Waals surface area contributed by atoms with Gasteiger partial charge in [-0.1, -0.05) is 0 Å². The van der Waals surface area contributed by atoms with Gasteiger partial charge in [-0.05, 0) is 0 Å². The average molecular weight is 1020 g/mol. The Labute approximate surface area is 368 Å². The molecule has 0 radical (unpaired) electrons. The van der Waals surface area contributed by atoms with Gasteiger partial charge in [-0.25, -0.2) is 0 Å². The van der Waals surface area contributed by atoms with Gasteiger partial charge < -0.3 is 0 Å². The molecule has 4 heteroatoms. The molecule has 0 bridgehead atoms. The van der Waals surface area contributed by atoms with Gasteiger partial charge in [0.2, 0.25) is 0 Å². The van der Waals surface area contributed by atoms with E-state index in [2.05, 4.69) is 161 Å². The minimum atomic E-state index is -2.78. The van der Waals surface area contributed by atoms with E-state index in [-0.39, 0.29) is 0 Å². The zero-order valence-corrected chi connectivity index (χ0v) is 44.1. The molecule has 0 spiro atoms. The molecule has 0 saturated carbocycles. The zero-order valence-electron chi connectivity index (χ0n) is 36.8. The van der Waals surface area contributed by atoms with Gasteiger partial charge >= 0.3 is 371 Å². The Balaban J connectivity index is 1.62. The summed E-state index contributed by atoms with van der Waals surface area (Å²) in [6.45, 7) is 14.6. The summed E-state index contributed by atoms with van der Waals surface area (Å²) in [4.78, 5) is 0. The third-order valence-corrected chi connectivity index (χ3v) is 52.4. The number of hydrogen-bond acceptors (Lipinski definition) is 2. The molecular weight excluding hydrogens is 950 g/mol. The topological polar surface area (TPSA) is 0 Å². The predicted octanol–water partition coefficient (Wildman–Crippen LogP) is 17.9. The van der Waals surface area contributed by atoms with Gasteiger partial charge in [0.25, 0.3) is 0 Å². The number of hydrogen-bond donors (Lipinski definition) is 0. The van der Waals surface area contributed by atoms with Crippen LogP contribution >= 0.6 is 22.7 Å². The number of benzene rings is 5. The van der Waals surface area contributed by atoms with Gasteiger partial charge in [0.1, 0.15) is 0 Å². The van der Waals surface area contributed by atoms with Crippen molar-refractivity contribution in [3.8, 4) is 22.3 Å². The molecule has 0 fully saturated rings. The van der Waals surface area contributed by atoms with Crippen LogP contribution in [0.5, 0.6) is 0 Å². The molecule has 0 aliphatic carbocycles. The normalized spacial score (nSPS) is 12.5. The standard InChI is InChI=1S/C30H16S2.6C4H9.2Sn/c1-3-7-21-17-23(11-9-19(21)5-1)27-25-13-15-32-30(25)28(26-14-16-31-29(26)27)24-12-10-20-6-2-4-8-22(20)18-24;6*1-3-4-2;;/h1-14,17-18H;6*1,3-4H2,2H3;;. The average Bonchev–Trinajstić information content (AvgIpc) is 3.91. The van der Waals surface area contributed by atoms with E-state index in [1.165, 1.54) is 136 Å². The Kier molecular flexibility index (Phi) is 15.9. The summed E-state index contributed by atoms with van der Waals surface area (Å²) in [6, 6.07) is 38.6. The number of unbranched alkanes of at least 4 members (excludes halogenated alkanes) is 6. The van der Waals surface area contributed by atoms with Crippen molar-refractivity contribution in [2.75, 3.05) is 0 Å². The van der Waals surface area contributed by atoms with Crippen molar-refractivity contribution in [3.05, 3.63) is 97.1 Å². The SMILES string of the molecule is CCC[CH2][Sn]([CH2]CCC)([CH2]CCC)[c]1cc2c(-c3ccc4ccccc4c3)c3s[c]([Sn]([CH2]CCC)([CH2]CCC)[CH2]CCC)cc3c(-c3ccc4ccccc4c3)c2s1. The fourth-order valence-electron chi connectivity index (χ4n) is 10.1. The first-order valence-corrected chi connectivity index (χ1v) is 40.1. The van der Waals surface area contributed by atoms with Crippen molar-refractivity contribution in [3.63, 3.8) is 0 Å². The summed E-state index contributed by atoms with van der Waals surface area (Å²) >= 11 is -1.000. The van der Waals surface area contributed by atoms with Crippen LogP contribution in [0.15, 0.2) is 97.1 Å². The number of fused-ring (bicyclic) bond motifs is 4. The van der Waals surface area contributed by atoms with E-state index in [0.29, 0.717) is 0 Å². The fourth-order valence-corrected chi connectivity index (χ4v) is 50.8. The van der Waals surface area contributed by atoms with Crippen molar-refractivity contribution in [1.29, 1.82) is 0 Å². The van der Waals surface area contributed by atoms with Crippen LogP contribution in [0.1, 0.15) is 119 Å². The van der Waals surface area contributed by atoms with Crippen LogP contribution in [0.4, 0.5) is 0 Å². The summed E-state index contributed by atoms with van der Waals surface area (Å²) < 4.78 is 15.9. The fraction of sp³-hybridized carbons (Fsp3) is 0.444. The van der Waals surface area contributed by atoms with Gasteiger partial charge in [-0.3, -0.25) is 0 Å². The maximum atomic E-state index is 2.85. The Hall–Kier alpha value is -1.86. The molecule has 0 amide bonds. The first kappa shape index (κ1) is 44.2. The Morgan fingerprint density at radius 3 is 0.983 bits per heavy atom. The zero-order chi connectivity index (χ0) is 40.5. The van der Waals surface area contributed by atoms with E-state index >= 15 is 0 Å². The predicted molar refractivity (Wildman–Crippen MR) is 272 cm³/mol. The van der Waals surface area contributed by atoms with Crippen LogP contribution < -0.4 is 5.79 Å². The molecule has 7 rings (SSSR count). The van der Waals surface area contributed by atoms with E-state index in [1.54, 1.807) is 31.3 Å². The van der Waals surface area contributed by atoms with Crippen LogP contribution in [0.3, 0.4) is 0 Å². The molecule has 0 unspecified atom stereocenters. The van der Waals surface area contributed by atoms with Crippen LogP contribution in [0.25, 0.3) is 64.0 Å². The summed E-state index contributed by atoms with van der Waals surface area (Å²) in [7, 11) is 0.